The standard InChI is InChI=1S/C17H21N3O3/c1-12(9-13-7-5-6-8-15(13)22-3)20(2)16(21)14-10-18-17(23-4)19-11-14/h5-8,10-12H,9H2,1-4H3/t12-/m0/s1. The predicted molar refractivity (Wildman–Crippen MR) is 86.8 cm³/mol. The van der Waals surface area contributed by atoms with Gasteiger partial charge in [0.1, 0.15) is 5.75 Å². The van der Waals surface area contributed by atoms with Crippen LogP contribution < -0.4 is 9.47 Å². The molecule has 0 radical (unpaired) electrons. The van der Waals surface area contributed by atoms with E-state index >= 15 is 0 Å². The highest BCUT2D eigenvalue weighted by Crippen LogP contribution is 2.20. The lowest BCUT2D eigenvalue weighted by Gasteiger charge is -2.25. The molecule has 0 fully saturated rings. The second kappa shape index (κ2) is 7.58. The van der Waals surface area contributed by atoms with Gasteiger partial charge in [-0.2, -0.15) is 0 Å². The number of methoxy groups -OCH3 is 2. The largest absolute Gasteiger partial charge is 0.496 e. The number of hydrogen-bond donors (Lipinski definition) is 0. The van der Waals surface area contributed by atoms with E-state index in [9.17, 15) is 4.79 Å². The van der Waals surface area contributed by atoms with E-state index in [0.717, 1.165) is 11.3 Å². The molecule has 1 aromatic carbocycles. The highest BCUT2D eigenvalue weighted by molar-refractivity contribution is 5.93. The van der Waals surface area contributed by atoms with Crippen molar-refractivity contribution >= 4 is 5.91 Å². The Bertz CT molecular complexity index is 658. The molecule has 0 saturated heterocycles. The predicted octanol–water partition coefficient (Wildman–Crippen LogP) is 2.20. The second-order valence-electron chi connectivity index (χ2n) is 5.24. The van der Waals surface area contributed by atoms with Crippen LogP contribution in [0.2, 0.25) is 0 Å². The van der Waals surface area contributed by atoms with Crippen molar-refractivity contribution in [3.8, 4) is 11.8 Å². The minimum absolute atomic E-state index is 0.000835. The van der Waals surface area contributed by atoms with Crippen molar-refractivity contribution in [2.75, 3.05) is 21.3 Å². The Morgan fingerprint density at radius 2 is 1.83 bits per heavy atom. The van der Waals surface area contributed by atoms with Crippen molar-refractivity contribution in [3.63, 3.8) is 0 Å². The van der Waals surface area contributed by atoms with E-state index in [1.807, 2.05) is 31.2 Å². The summed E-state index contributed by atoms with van der Waals surface area (Å²) in [5.41, 5.74) is 1.49. The van der Waals surface area contributed by atoms with E-state index in [1.54, 1.807) is 19.1 Å². The van der Waals surface area contributed by atoms with Gasteiger partial charge in [-0.25, -0.2) is 9.97 Å². The van der Waals surface area contributed by atoms with Crippen molar-refractivity contribution in [3.05, 3.63) is 47.8 Å². The van der Waals surface area contributed by atoms with Crippen molar-refractivity contribution in [2.45, 2.75) is 19.4 Å². The molecule has 0 N–H and O–H groups in total. The van der Waals surface area contributed by atoms with Gasteiger partial charge in [-0.05, 0) is 25.0 Å². The van der Waals surface area contributed by atoms with Gasteiger partial charge in [-0.15, -0.1) is 0 Å². The summed E-state index contributed by atoms with van der Waals surface area (Å²) in [7, 11) is 4.90. The molecule has 0 unspecified atom stereocenters. The minimum Gasteiger partial charge on any atom is -0.496 e. The maximum atomic E-state index is 12.5. The van der Waals surface area contributed by atoms with Crippen LogP contribution in [0.25, 0.3) is 0 Å². The maximum absolute atomic E-state index is 12.5. The normalized spacial score (nSPS) is 11.7. The van der Waals surface area contributed by atoms with Crippen molar-refractivity contribution in [1.29, 1.82) is 0 Å². The molecule has 1 aromatic heterocycles. The monoisotopic (exact) mass is 315 g/mol. The van der Waals surface area contributed by atoms with Gasteiger partial charge in [0.15, 0.2) is 0 Å². The zero-order chi connectivity index (χ0) is 16.8. The van der Waals surface area contributed by atoms with Crippen LogP contribution in [0.4, 0.5) is 0 Å². The van der Waals surface area contributed by atoms with Gasteiger partial charge < -0.3 is 14.4 Å². The number of benzene rings is 1. The van der Waals surface area contributed by atoms with Crippen molar-refractivity contribution < 1.29 is 14.3 Å². The van der Waals surface area contributed by atoms with E-state index in [4.69, 9.17) is 9.47 Å². The molecule has 2 rings (SSSR count). The van der Waals surface area contributed by atoms with Gasteiger partial charge >= 0.3 is 6.01 Å². The summed E-state index contributed by atoms with van der Waals surface area (Å²) in [6.07, 6.45) is 3.64. The third-order valence-electron chi connectivity index (χ3n) is 3.75. The fourth-order valence-electron chi connectivity index (χ4n) is 2.26. The summed E-state index contributed by atoms with van der Waals surface area (Å²) in [6.45, 7) is 1.99. The smallest absolute Gasteiger partial charge is 0.316 e. The average molecular weight is 315 g/mol. The van der Waals surface area contributed by atoms with Gasteiger partial charge in [0.05, 0.1) is 19.8 Å². The fourth-order valence-corrected chi connectivity index (χ4v) is 2.26. The molecule has 0 bridgehead atoms. The SMILES string of the molecule is COc1ncc(C(=O)N(C)[C@@H](C)Cc2ccccc2OC)cn1. The Hall–Kier alpha value is -2.63. The van der Waals surface area contributed by atoms with Crippen molar-refractivity contribution in [1.82, 2.24) is 14.9 Å². The quantitative estimate of drug-likeness (QED) is 0.817. The molecule has 1 atom stereocenters. The molecular weight excluding hydrogens is 294 g/mol. The van der Waals surface area contributed by atoms with Crippen LogP contribution in [0.3, 0.4) is 0 Å². The number of para-hydroxylation sites is 1. The summed E-state index contributed by atoms with van der Waals surface area (Å²) in [4.78, 5) is 22.1. The van der Waals surface area contributed by atoms with Crippen LogP contribution in [-0.4, -0.2) is 48.1 Å². The molecule has 0 aliphatic rings. The molecule has 2 aromatic rings. The number of hydrogen-bond acceptors (Lipinski definition) is 5. The van der Waals surface area contributed by atoms with Crippen LogP contribution in [0.1, 0.15) is 22.8 Å². The number of likely N-dealkylation sites (N-methyl/N-ethyl adjacent to an activating group) is 1. The Balaban J connectivity index is 2.08. The molecule has 0 aliphatic heterocycles. The van der Waals surface area contributed by atoms with E-state index in [0.29, 0.717) is 12.0 Å². The summed E-state index contributed by atoms with van der Waals surface area (Å²) >= 11 is 0. The third kappa shape index (κ3) is 3.97. The summed E-state index contributed by atoms with van der Waals surface area (Å²) in [5, 5.41) is 0. The molecule has 1 amide bonds. The minimum atomic E-state index is -0.130. The lowest BCUT2D eigenvalue weighted by molar-refractivity contribution is 0.0742. The molecule has 6 heteroatoms. The second-order valence-corrected chi connectivity index (χ2v) is 5.24. The van der Waals surface area contributed by atoms with E-state index in [1.165, 1.54) is 19.5 Å². The zero-order valence-electron chi connectivity index (χ0n) is 13.8. The lowest BCUT2D eigenvalue weighted by atomic mass is 10.0. The Morgan fingerprint density at radius 1 is 1.17 bits per heavy atom. The van der Waals surface area contributed by atoms with Gasteiger partial charge in [0.2, 0.25) is 0 Å². The number of nitrogens with zero attached hydrogens (tertiary/aromatic N) is 3. The number of amides is 1. The van der Waals surface area contributed by atoms with E-state index in [2.05, 4.69) is 9.97 Å². The number of carbonyl (C=O) groups excluding carboxylic acids is 1. The summed E-state index contributed by atoms with van der Waals surface area (Å²) in [6, 6.07) is 8.05. The summed E-state index contributed by atoms with van der Waals surface area (Å²) < 4.78 is 10.3. The van der Waals surface area contributed by atoms with Gasteiger partial charge in [-0.3, -0.25) is 4.79 Å². The van der Waals surface area contributed by atoms with Gasteiger partial charge in [0, 0.05) is 25.5 Å². The first kappa shape index (κ1) is 16.7. The topological polar surface area (TPSA) is 64.5 Å². The Morgan fingerprint density at radius 3 is 2.43 bits per heavy atom. The Kier molecular flexibility index (Phi) is 5.51. The molecule has 0 saturated carbocycles. The molecule has 0 spiro atoms. The molecule has 23 heavy (non-hydrogen) atoms. The van der Waals surface area contributed by atoms with Crippen LogP contribution in [0.15, 0.2) is 36.7 Å². The first-order valence-corrected chi connectivity index (χ1v) is 7.32. The first-order valence-electron chi connectivity index (χ1n) is 7.32. The number of carbonyl (C=O) groups is 1. The number of aromatic nitrogens is 2. The first-order chi connectivity index (χ1) is 11.1. The highest BCUT2D eigenvalue weighted by Gasteiger charge is 2.19. The van der Waals surface area contributed by atoms with E-state index < -0.39 is 0 Å². The maximum Gasteiger partial charge on any atom is 0.316 e. The van der Waals surface area contributed by atoms with Crippen LogP contribution in [0, 0.1) is 0 Å². The van der Waals surface area contributed by atoms with Gasteiger partial charge in [-0.1, -0.05) is 18.2 Å². The zero-order valence-corrected chi connectivity index (χ0v) is 13.8. The highest BCUT2D eigenvalue weighted by atomic mass is 16.5. The summed E-state index contributed by atoms with van der Waals surface area (Å²) in [5.74, 6) is 0.697. The fraction of sp³-hybridized carbons (Fsp3) is 0.353. The van der Waals surface area contributed by atoms with Crippen LogP contribution in [-0.2, 0) is 6.42 Å². The number of rotatable bonds is 6. The van der Waals surface area contributed by atoms with Crippen LogP contribution >= 0.6 is 0 Å². The van der Waals surface area contributed by atoms with Crippen LogP contribution in [0.5, 0.6) is 11.8 Å². The molecule has 6 nitrogen and oxygen atoms in total. The third-order valence-corrected chi connectivity index (χ3v) is 3.75. The Labute approximate surface area is 136 Å². The van der Waals surface area contributed by atoms with Gasteiger partial charge in [0.25, 0.3) is 5.91 Å². The lowest BCUT2D eigenvalue weighted by Crippen LogP contribution is -2.36. The van der Waals surface area contributed by atoms with E-state index in [-0.39, 0.29) is 18.0 Å². The molecule has 0 aliphatic carbocycles. The average Bonchev–Trinajstić information content (AvgIpc) is 2.61. The number of ether oxygens (including phenoxy) is 2. The molecule has 122 valence electrons. The molecule has 1 heterocycles. The molecular formula is C17H21N3O3. The van der Waals surface area contributed by atoms with Crippen molar-refractivity contribution in [2.24, 2.45) is 0 Å².